The second-order valence-electron chi connectivity index (χ2n) is 3.95. The van der Waals surface area contributed by atoms with Gasteiger partial charge in [0.2, 0.25) is 5.91 Å². The van der Waals surface area contributed by atoms with Gasteiger partial charge in [0.1, 0.15) is 5.69 Å². The minimum atomic E-state index is -0.392. The van der Waals surface area contributed by atoms with Crippen LogP contribution in [-0.4, -0.2) is 23.3 Å². The van der Waals surface area contributed by atoms with Crippen molar-refractivity contribution in [3.63, 3.8) is 0 Å². The van der Waals surface area contributed by atoms with E-state index in [9.17, 15) is 9.59 Å². The number of carbonyl (C=O) groups excluding carboxylic acids is 2. The summed E-state index contributed by atoms with van der Waals surface area (Å²) < 4.78 is 0. The van der Waals surface area contributed by atoms with Gasteiger partial charge in [-0.05, 0) is 36.4 Å². The number of carbonyl (C=O) groups is 2. The van der Waals surface area contributed by atoms with Crippen LogP contribution in [0.4, 0.5) is 5.69 Å². The summed E-state index contributed by atoms with van der Waals surface area (Å²) in [5.74, 6) is -0.714. The molecule has 102 valence electrons. The second-order valence-corrected chi connectivity index (χ2v) is 4.39. The molecular formula is C14H12ClN3O2. The second kappa shape index (κ2) is 6.68. The van der Waals surface area contributed by atoms with Crippen LogP contribution < -0.4 is 10.6 Å². The lowest BCUT2D eigenvalue weighted by molar-refractivity contribution is -0.115. The number of aromatic nitrogens is 1. The number of benzene rings is 1. The zero-order valence-corrected chi connectivity index (χ0v) is 11.2. The van der Waals surface area contributed by atoms with Gasteiger partial charge in [0.15, 0.2) is 0 Å². The molecule has 0 bridgehead atoms. The molecule has 2 rings (SSSR count). The van der Waals surface area contributed by atoms with Crippen molar-refractivity contribution in [2.45, 2.75) is 0 Å². The van der Waals surface area contributed by atoms with Gasteiger partial charge >= 0.3 is 0 Å². The van der Waals surface area contributed by atoms with Gasteiger partial charge in [-0.25, -0.2) is 0 Å². The Morgan fingerprint density at radius 1 is 1.10 bits per heavy atom. The van der Waals surface area contributed by atoms with Gasteiger partial charge in [-0.15, -0.1) is 0 Å². The molecule has 0 saturated heterocycles. The van der Waals surface area contributed by atoms with Crippen LogP contribution in [-0.2, 0) is 4.79 Å². The zero-order chi connectivity index (χ0) is 14.4. The van der Waals surface area contributed by atoms with Crippen molar-refractivity contribution in [3.05, 3.63) is 59.4 Å². The van der Waals surface area contributed by atoms with Crippen molar-refractivity contribution in [1.29, 1.82) is 0 Å². The van der Waals surface area contributed by atoms with E-state index in [4.69, 9.17) is 11.6 Å². The van der Waals surface area contributed by atoms with Gasteiger partial charge in [0, 0.05) is 16.9 Å². The molecule has 0 spiro atoms. The smallest absolute Gasteiger partial charge is 0.270 e. The normalized spacial score (nSPS) is 9.85. The first-order valence-corrected chi connectivity index (χ1v) is 6.27. The Balaban J connectivity index is 1.83. The molecule has 20 heavy (non-hydrogen) atoms. The molecule has 0 unspecified atom stereocenters. The van der Waals surface area contributed by atoms with Crippen molar-refractivity contribution in [2.24, 2.45) is 0 Å². The maximum atomic E-state index is 11.7. The third-order valence-corrected chi connectivity index (χ3v) is 2.69. The van der Waals surface area contributed by atoms with E-state index >= 15 is 0 Å². The van der Waals surface area contributed by atoms with Crippen molar-refractivity contribution in [2.75, 3.05) is 11.9 Å². The first kappa shape index (κ1) is 14.0. The fraction of sp³-hybridized carbons (Fsp3) is 0.0714. The summed E-state index contributed by atoms with van der Waals surface area (Å²) in [6, 6.07) is 11.7. The summed E-state index contributed by atoms with van der Waals surface area (Å²) in [4.78, 5) is 27.2. The van der Waals surface area contributed by atoms with E-state index in [0.717, 1.165) is 0 Å². The first-order valence-electron chi connectivity index (χ1n) is 5.90. The van der Waals surface area contributed by atoms with Crippen molar-refractivity contribution >= 4 is 29.1 Å². The molecule has 0 saturated carbocycles. The van der Waals surface area contributed by atoms with Crippen LogP contribution >= 0.6 is 11.6 Å². The molecule has 1 aromatic carbocycles. The molecule has 6 heteroatoms. The summed E-state index contributed by atoms with van der Waals surface area (Å²) in [5.41, 5.74) is 0.887. The molecule has 0 aliphatic heterocycles. The average molecular weight is 290 g/mol. The third-order valence-electron chi connectivity index (χ3n) is 2.44. The lowest BCUT2D eigenvalue weighted by Gasteiger charge is -2.06. The van der Waals surface area contributed by atoms with Crippen LogP contribution in [0.5, 0.6) is 0 Å². The lowest BCUT2D eigenvalue weighted by atomic mass is 10.3. The highest BCUT2D eigenvalue weighted by Crippen LogP contribution is 2.12. The Kier molecular flexibility index (Phi) is 4.68. The third kappa shape index (κ3) is 4.07. The molecule has 1 heterocycles. The molecule has 1 aromatic heterocycles. The highest BCUT2D eigenvalue weighted by atomic mass is 35.5. The van der Waals surface area contributed by atoms with Crippen LogP contribution in [0.3, 0.4) is 0 Å². The standard InChI is InChI=1S/C14H12ClN3O2/c15-10-4-6-11(7-5-10)18-13(19)9-17-14(20)12-3-1-2-8-16-12/h1-8H,9H2,(H,17,20)(H,18,19). The molecule has 0 aliphatic rings. The predicted octanol–water partition coefficient (Wildman–Crippen LogP) is 2.10. The van der Waals surface area contributed by atoms with E-state index in [1.54, 1.807) is 42.5 Å². The molecule has 2 amide bonds. The van der Waals surface area contributed by atoms with Crippen molar-refractivity contribution in [3.8, 4) is 0 Å². The largest absolute Gasteiger partial charge is 0.342 e. The van der Waals surface area contributed by atoms with Crippen LogP contribution in [0.2, 0.25) is 5.02 Å². The van der Waals surface area contributed by atoms with Crippen LogP contribution in [0.15, 0.2) is 48.7 Å². The molecular weight excluding hydrogens is 278 g/mol. The number of halogens is 1. The summed E-state index contributed by atoms with van der Waals surface area (Å²) >= 11 is 5.74. The SMILES string of the molecule is O=C(CNC(=O)c1ccccn1)Nc1ccc(Cl)cc1. The van der Waals surface area contributed by atoms with E-state index in [-0.39, 0.29) is 18.1 Å². The molecule has 0 radical (unpaired) electrons. The number of amides is 2. The number of pyridine rings is 1. The van der Waals surface area contributed by atoms with Gasteiger partial charge in [-0.2, -0.15) is 0 Å². The van der Waals surface area contributed by atoms with E-state index < -0.39 is 5.91 Å². The quantitative estimate of drug-likeness (QED) is 0.905. The van der Waals surface area contributed by atoms with Gasteiger partial charge in [-0.3, -0.25) is 14.6 Å². The number of nitrogens with one attached hydrogen (secondary N) is 2. The first-order chi connectivity index (χ1) is 9.65. The fourth-order valence-electron chi connectivity index (χ4n) is 1.49. The van der Waals surface area contributed by atoms with Gasteiger partial charge < -0.3 is 10.6 Å². The predicted molar refractivity (Wildman–Crippen MR) is 76.7 cm³/mol. The number of hydrogen-bond donors (Lipinski definition) is 2. The maximum absolute atomic E-state index is 11.7. The van der Waals surface area contributed by atoms with Crippen molar-refractivity contribution in [1.82, 2.24) is 10.3 Å². The Morgan fingerprint density at radius 2 is 1.85 bits per heavy atom. The maximum Gasteiger partial charge on any atom is 0.270 e. The summed E-state index contributed by atoms with van der Waals surface area (Å²) in [6.07, 6.45) is 1.52. The van der Waals surface area contributed by atoms with E-state index in [2.05, 4.69) is 15.6 Å². The molecule has 5 nitrogen and oxygen atoms in total. The molecule has 0 fully saturated rings. The average Bonchev–Trinajstić information content (AvgIpc) is 2.48. The zero-order valence-electron chi connectivity index (χ0n) is 10.5. The number of anilines is 1. The van der Waals surface area contributed by atoms with Crippen LogP contribution in [0, 0.1) is 0 Å². The summed E-state index contributed by atoms with van der Waals surface area (Å²) in [5, 5.41) is 5.72. The van der Waals surface area contributed by atoms with Crippen LogP contribution in [0.25, 0.3) is 0 Å². The molecule has 2 N–H and O–H groups in total. The molecule has 2 aromatic rings. The summed E-state index contributed by atoms with van der Waals surface area (Å²) in [6.45, 7) is -0.127. The Hall–Kier alpha value is -2.40. The van der Waals surface area contributed by atoms with Crippen molar-refractivity contribution < 1.29 is 9.59 Å². The topological polar surface area (TPSA) is 71.1 Å². The minimum absolute atomic E-state index is 0.127. The summed E-state index contributed by atoms with van der Waals surface area (Å²) in [7, 11) is 0. The highest BCUT2D eigenvalue weighted by Gasteiger charge is 2.08. The van der Waals surface area contributed by atoms with E-state index in [1.165, 1.54) is 6.20 Å². The Labute approximate surface area is 121 Å². The Morgan fingerprint density at radius 3 is 2.50 bits per heavy atom. The van der Waals surface area contributed by atoms with E-state index in [0.29, 0.717) is 10.7 Å². The van der Waals surface area contributed by atoms with Gasteiger partial charge in [0.25, 0.3) is 5.91 Å². The number of rotatable bonds is 4. The highest BCUT2D eigenvalue weighted by molar-refractivity contribution is 6.30. The van der Waals surface area contributed by atoms with E-state index in [1.807, 2.05) is 0 Å². The number of nitrogens with zero attached hydrogens (tertiary/aromatic N) is 1. The van der Waals surface area contributed by atoms with Gasteiger partial charge in [0.05, 0.1) is 6.54 Å². The monoisotopic (exact) mass is 289 g/mol. The van der Waals surface area contributed by atoms with Crippen LogP contribution in [0.1, 0.15) is 10.5 Å². The fourth-order valence-corrected chi connectivity index (χ4v) is 1.61. The van der Waals surface area contributed by atoms with Gasteiger partial charge in [-0.1, -0.05) is 17.7 Å². The Bertz CT molecular complexity index is 600. The minimum Gasteiger partial charge on any atom is -0.342 e. The molecule has 0 aliphatic carbocycles. The molecule has 0 atom stereocenters. The number of hydrogen-bond acceptors (Lipinski definition) is 3. The lowest BCUT2D eigenvalue weighted by Crippen LogP contribution is -2.33.